The molecule has 0 atom stereocenters. The summed E-state index contributed by atoms with van der Waals surface area (Å²) in [5, 5.41) is 5.53. The van der Waals surface area contributed by atoms with Crippen molar-refractivity contribution in [2.24, 2.45) is 0 Å². The first kappa shape index (κ1) is 20.5. The predicted octanol–water partition coefficient (Wildman–Crippen LogP) is 5.04. The summed E-state index contributed by atoms with van der Waals surface area (Å²) < 4.78 is 6.27. The van der Waals surface area contributed by atoms with Gasteiger partial charge in [0, 0.05) is 22.6 Å². The lowest BCUT2D eigenvalue weighted by Crippen LogP contribution is -2.15. The van der Waals surface area contributed by atoms with Gasteiger partial charge in [0.15, 0.2) is 0 Å². The van der Waals surface area contributed by atoms with Crippen molar-refractivity contribution in [3.8, 4) is 17.0 Å². The zero-order valence-corrected chi connectivity index (χ0v) is 17.8. The van der Waals surface area contributed by atoms with Gasteiger partial charge >= 0.3 is 0 Å². The first-order valence-corrected chi connectivity index (χ1v) is 9.67. The number of carbonyl (C=O) groups is 2. The fraction of sp³-hybridized carbons (Fsp3) is 0.136. The van der Waals surface area contributed by atoms with Crippen molar-refractivity contribution in [1.82, 2.24) is 4.98 Å². The number of halogens is 1. The number of hydrogen-bond acceptors (Lipinski definition) is 4. The number of aryl methyl sites for hydroxylation is 1. The highest BCUT2D eigenvalue weighted by Gasteiger charge is 2.15. The number of aromatic nitrogens is 1. The van der Waals surface area contributed by atoms with E-state index in [1.807, 2.05) is 30.3 Å². The Morgan fingerprint density at radius 3 is 2.48 bits per heavy atom. The van der Waals surface area contributed by atoms with Crippen LogP contribution < -0.4 is 15.4 Å². The maximum Gasteiger partial charge on any atom is 0.257 e. The van der Waals surface area contributed by atoms with E-state index in [2.05, 4.69) is 31.5 Å². The average molecular weight is 454 g/mol. The molecule has 2 aromatic carbocycles. The van der Waals surface area contributed by atoms with Gasteiger partial charge in [-0.3, -0.25) is 14.6 Å². The number of ether oxygens (including phenoxy) is 1. The Morgan fingerprint density at radius 1 is 1.03 bits per heavy atom. The van der Waals surface area contributed by atoms with Crippen LogP contribution in [0.4, 0.5) is 11.4 Å². The third-order valence-corrected chi connectivity index (χ3v) is 4.71. The summed E-state index contributed by atoms with van der Waals surface area (Å²) in [4.78, 5) is 28.7. The van der Waals surface area contributed by atoms with Crippen LogP contribution in [0.1, 0.15) is 23.0 Å². The molecule has 0 bridgehead atoms. The van der Waals surface area contributed by atoms with Crippen molar-refractivity contribution in [3.05, 3.63) is 70.3 Å². The fourth-order valence-electron chi connectivity index (χ4n) is 2.89. The van der Waals surface area contributed by atoms with Crippen molar-refractivity contribution in [3.63, 3.8) is 0 Å². The van der Waals surface area contributed by atoms with Gasteiger partial charge in [-0.2, -0.15) is 0 Å². The maximum absolute atomic E-state index is 12.8. The molecular weight excluding hydrogens is 434 g/mol. The molecule has 0 radical (unpaired) electrons. The highest BCUT2D eigenvalue weighted by Crippen LogP contribution is 2.29. The first-order valence-electron chi connectivity index (χ1n) is 8.88. The lowest BCUT2D eigenvalue weighted by Gasteiger charge is -2.13. The van der Waals surface area contributed by atoms with Crippen molar-refractivity contribution in [2.75, 3.05) is 17.7 Å². The van der Waals surface area contributed by atoms with Crippen LogP contribution in [0, 0.1) is 6.92 Å². The Labute approximate surface area is 177 Å². The molecule has 0 aliphatic rings. The summed E-state index contributed by atoms with van der Waals surface area (Å²) in [5.41, 5.74) is 3.82. The number of nitrogens with zero attached hydrogens (tertiary/aromatic N) is 1. The molecule has 0 saturated heterocycles. The summed E-state index contributed by atoms with van der Waals surface area (Å²) >= 11 is 3.46. The second-order valence-corrected chi connectivity index (χ2v) is 7.31. The van der Waals surface area contributed by atoms with Gasteiger partial charge in [-0.1, -0.05) is 28.1 Å². The Hall–Kier alpha value is -3.19. The highest BCUT2D eigenvalue weighted by atomic mass is 79.9. The Morgan fingerprint density at radius 2 is 1.83 bits per heavy atom. The summed E-state index contributed by atoms with van der Waals surface area (Å²) in [6, 6.07) is 16.4. The molecule has 1 aromatic heterocycles. The fourth-order valence-corrected chi connectivity index (χ4v) is 3.29. The van der Waals surface area contributed by atoms with Crippen LogP contribution in [0.5, 0.6) is 5.75 Å². The quantitative estimate of drug-likeness (QED) is 0.566. The van der Waals surface area contributed by atoms with Gasteiger partial charge < -0.3 is 15.4 Å². The molecule has 29 heavy (non-hydrogen) atoms. The summed E-state index contributed by atoms with van der Waals surface area (Å²) in [5.74, 6) is -0.0199. The van der Waals surface area contributed by atoms with Gasteiger partial charge in [-0.05, 0) is 49.4 Å². The smallest absolute Gasteiger partial charge is 0.257 e. The van der Waals surface area contributed by atoms with Crippen LogP contribution in [-0.2, 0) is 4.79 Å². The number of rotatable bonds is 5. The van der Waals surface area contributed by atoms with Crippen LogP contribution >= 0.6 is 15.9 Å². The zero-order valence-electron chi connectivity index (χ0n) is 16.2. The van der Waals surface area contributed by atoms with E-state index in [1.54, 1.807) is 31.2 Å². The third-order valence-electron chi connectivity index (χ3n) is 4.22. The topological polar surface area (TPSA) is 80.3 Å². The van der Waals surface area contributed by atoms with Crippen LogP contribution in [0.15, 0.2) is 59.1 Å². The largest absolute Gasteiger partial charge is 0.495 e. The summed E-state index contributed by atoms with van der Waals surface area (Å²) in [6.07, 6.45) is 0. The molecular formula is C22H20BrN3O3. The van der Waals surface area contributed by atoms with Gasteiger partial charge in [0.1, 0.15) is 5.75 Å². The molecule has 3 rings (SSSR count). The number of hydrogen-bond donors (Lipinski definition) is 2. The molecule has 6 nitrogen and oxygen atoms in total. The zero-order chi connectivity index (χ0) is 21.0. The molecule has 2 amide bonds. The Kier molecular flexibility index (Phi) is 6.29. The lowest BCUT2D eigenvalue weighted by atomic mass is 10.1. The van der Waals surface area contributed by atoms with Gasteiger partial charge in [0.25, 0.3) is 5.91 Å². The SMILES string of the molecule is COc1ccc(NC(C)=O)cc1NC(=O)c1ccc(-c2cccc(Br)c2)nc1C. The van der Waals surface area contributed by atoms with E-state index in [0.29, 0.717) is 28.4 Å². The van der Waals surface area contributed by atoms with Crippen LogP contribution in [0.3, 0.4) is 0 Å². The Balaban J connectivity index is 1.86. The standard InChI is InChI=1S/C22H20BrN3O3/c1-13-18(8-9-19(24-13)15-5-4-6-16(23)11-15)22(28)26-20-12-17(25-14(2)27)7-10-21(20)29-3/h4-12H,1-3H3,(H,25,27)(H,26,28). The molecule has 7 heteroatoms. The van der Waals surface area contributed by atoms with E-state index in [1.165, 1.54) is 14.0 Å². The highest BCUT2D eigenvalue weighted by molar-refractivity contribution is 9.10. The number of nitrogens with one attached hydrogen (secondary N) is 2. The molecule has 0 unspecified atom stereocenters. The number of amides is 2. The van der Waals surface area contributed by atoms with Crippen molar-refractivity contribution >= 4 is 39.1 Å². The number of pyridine rings is 1. The Bertz CT molecular complexity index is 1080. The average Bonchev–Trinajstić information content (AvgIpc) is 2.67. The maximum atomic E-state index is 12.8. The van der Waals surface area contributed by atoms with Crippen molar-refractivity contribution in [2.45, 2.75) is 13.8 Å². The molecule has 0 spiro atoms. The molecule has 0 saturated carbocycles. The molecule has 148 valence electrons. The van der Waals surface area contributed by atoms with E-state index < -0.39 is 0 Å². The van der Waals surface area contributed by atoms with Crippen LogP contribution in [-0.4, -0.2) is 23.9 Å². The van der Waals surface area contributed by atoms with E-state index in [4.69, 9.17) is 4.74 Å². The monoisotopic (exact) mass is 453 g/mol. The van der Waals surface area contributed by atoms with Gasteiger partial charge in [-0.15, -0.1) is 0 Å². The van der Waals surface area contributed by atoms with E-state index in [0.717, 1.165) is 15.7 Å². The molecule has 0 fully saturated rings. The number of carbonyl (C=O) groups excluding carboxylic acids is 2. The second-order valence-electron chi connectivity index (χ2n) is 6.39. The van der Waals surface area contributed by atoms with Crippen molar-refractivity contribution in [1.29, 1.82) is 0 Å². The first-order chi connectivity index (χ1) is 13.9. The number of benzene rings is 2. The van der Waals surface area contributed by atoms with E-state index in [9.17, 15) is 9.59 Å². The normalized spacial score (nSPS) is 10.3. The van der Waals surface area contributed by atoms with Gasteiger partial charge in [-0.25, -0.2) is 0 Å². The molecule has 0 aliphatic heterocycles. The third kappa shape index (κ3) is 5.00. The lowest BCUT2D eigenvalue weighted by molar-refractivity contribution is -0.114. The molecule has 1 heterocycles. The van der Waals surface area contributed by atoms with Crippen LogP contribution in [0.2, 0.25) is 0 Å². The minimum atomic E-state index is -0.311. The predicted molar refractivity (Wildman–Crippen MR) is 117 cm³/mol. The van der Waals surface area contributed by atoms with Gasteiger partial charge in [0.2, 0.25) is 5.91 Å². The molecule has 2 N–H and O–H groups in total. The second kappa shape index (κ2) is 8.87. The van der Waals surface area contributed by atoms with Gasteiger partial charge in [0.05, 0.1) is 29.7 Å². The van der Waals surface area contributed by atoms with E-state index in [-0.39, 0.29) is 11.8 Å². The number of methoxy groups -OCH3 is 1. The van der Waals surface area contributed by atoms with Crippen molar-refractivity contribution < 1.29 is 14.3 Å². The van der Waals surface area contributed by atoms with Crippen LogP contribution in [0.25, 0.3) is 11.3 Å². The molecule has 3 aromatic rings. The summed E-state index contributed by atoms with van der Waals surface area (Å²) in [7, 11) is 1.52. The minimum absolute atomic E-state index is 0.198. The van der Waals surface area contributed by atoms with E-state index >= 15 is 0 Å². The minimum Gasteiger partial charge on any atom is -0.495 e. The summed E-state index contributed by atoms with van der Waals surface area (Å²) in [6.45, 7) is 3.21. The number of anilines is 2. The molecule has 0 aliphatic carbocycles.